The zero-order valence-corrected chi connectivity index (χ0v) is 21.6. The van der Waals surface area contributed by atoms with Crippen molar-refractivity contribution in [1.29, 1.82) is 0 Å². The Morgan fingerprint density at radius 1 is 0.806 bits per heavy atom. The molecule has 5 rings (SSSR count). The molecule has 0 aromatic heterocycles. The molecule has 1 saturated heterocycles. The molecule has 1 amide bonds. The lowest BCUT2D eigenvalue weighted by molar-refractivity contribution is 0.0760. The van der Waals surface area contributed by atoms with E-state index in [-0.39, 0.29) is 10.8 Å². The summed E-state index contributed by atoms with van der Waals surface area (Å²) in [7, 11) is -3.78. The van der Waals surface area contributed by atoms with Crippen LogP contribution in [-0.2, 0) is 10.0 Å². The second-order valence-corrected chi connectivity index (χ2v) is 11.8. The van der Waals surface area contributed by atoms with Crippen LogP contribution >= 0.6 is 0 Å². The maximum absolute atomic E-state index is 13.3. The molecule has 2 aliphatic rings. The Bertz CT molecular complexity index is 1320. The summed E-state index contributed by atoms with van der Waals surface area (Å²) in [4.78, 5) is 18.0. The number of benzene rings is 3. The number of amides is 1. The minimum absolute atomic E-state index is 0.0405. The largest absolute Gasteiger partial charge is 0.337 e. The Morgan fingerprint density at radius 2 is 1.61 bits per heavy atom. The maximum atomic E-state index is 13.3. The second kappa shape index (κ2) is 11.0. The molecule has 0 atom stereocenters. The standard InChI is InChI=1S/C29H35N3O3S/c33-29(32-17-7-16-31(18-19-32)22-23-8-2-1-3-9-23)26-12-6-13-27(20-26)30-36(34,35)28-15-14-24-10-4-5-11-25(24)21-28/h4-6,10-15,20-21,23,30H,1-3,7-9,16-19,22H2. The van der Waals surface area contributed by atoms with Crippen molar-refractivity contribution in [2.24, 2.45) is 5.92 Å². The summed E-state index contributed by atoms with van der Waals surface area (Å²) in [5.41, 5.74) is 0.900. The van der Waals surface area contributed by atoms with Gasteiger partial charge in [-0.3, -0.25) is 9.52 Å². The molecule has 1 saturated carbocycles. The molecule has 0 spiro atoms. The predicted molar refractivity (Wildman–Crippen MR) is 145 cm³/mol. The van der Waals surface area contributed by atoms with Gasteiger partial charge in [0.25, 0.3) is 15.9 Å². The van der Waals surface area contributed by atoms with Crippen LogP contribution in [0.15, 0.2) is 71.6 Å². The number of carbonyl (C=O) groups excluding carboxylic acids is 1. The van der Waals surface area contributed by atoms with Crippen molar-refractivity contribution in [3.05, 3.63) is 72.3 Å². The fourth-order valence-electron chi connectivity index (χ4n) is 5.54. The van der Waals surface area contributed by atoms with Gasteiger partial charge in [-0.05, 0) is 72.8 Å². The molecule has 0 unspecified atom stereocenters. The first-order valence-corrected chi connectivity index (χ1v) is 14.6. The van der Waals surface area contributed by atoms with Crippen molar-refractivity contribution in [1.82, 2.24) is 9.80 Å². The Morgan fingerprint density at radius 3 is 2.44 bits per heavy atom. The molecule has 1 heterocycles. The molecule has 3 aromatic carbocycles. The molecule has 6 nitrogen and oxygen atoms in total. The highest BCUT2D eigenvalue weighted by Gasteiger charge is 2.23. The van der Waals surface area contributed by atoms with Crippen LogP contribution in [0, 0.1) is 5.92 Å². The third-order valence-electron chi connectivity index (χ3n) is 7.51. The lowest BCUT2D eigenvalue weighted by Crippen LogP contribution is -2.37. The van der Waals surface area contributed by atoms with E-state index in [1.165, 1.54) is 32.1 Å². The van der Waals surface area contributed by atoms with Gasteiger partial charge in [0.15, 0.2) is 0 Å². The van der Waals surface area contributed by atoms with Crippen molar-refractivity contribution in [2.45, 2.75) is 43.4 Å². The number of anilines is 1. The number of hydrogen-bond donors (Lipinski definition) is 1. The molecular weight excluding hydrogens is 470 g/mol. The van der Waals surface area contributed by atoms with E-state index in [1.807, 2.05) is 29.2 Å². The number of sulfonamides is 1. The van der Waals surface area contributed by atoms with E-state index in [4.69, 9.17) is 0 Å². The number of nitrogens with one attached hydrogen (secondary N) is 1. The predicted octanol–water partition coefficient (Wildman–Crippen LogP) is 5.37. The smallest absolute Gasteiger partial charge is 0.261 e. The minimum atomic E-state index is -3.78. The zero-order valence-electron chi connectivity index (χ0n) is 20.7. The van der Waals surface area contributed by atoms with Gasteiger partial charge in [-0.15, -0.1) is 0 Å². The lowest BCUT2D eigenvalue weighted by atomic mass is 9.89. The second-order valence-electron chi connectivity index (χ2n) is 10.1. The average molecular weight is 506 g/mol. The molecule has 2 fully saturated rings. The van der Waals surface area contributed by atoms with Crippen LogP contribution in [0.2, 0.25) is 0 Å². The topological polar surface area (TPSA) is 69.7 Å². The summed E-state index contributed by atoms with van der Waals surface area (Å²) in [6.45, 7) is 4.52. The molecule has 190 valence electrons. The Balaban J connectivity index is 1.24. The summed E-state index contributed by atoms with van der Waals surface area (Å²) in [6.07, 6.45) is 7.71. The van der Waals surface area contributed by atoms with Crippen molar-refractivity contribution in [3.63, 3.8) is 0 Å². The zero-order chi connectivity index (χ0) is 25.0. The molecule has 1 aliphatic carbocycles. The summed E-state index contributed by atoms with van der Waals surface area (Å²) in [6, 6.07) is 19.6. The van der Waals surface area contributed by atoms with Gasteiger partial charge >= 0.3 is 0 Å². The van der Waals surface area contributed by atoms with Crippen LogP contribution in [0.4, 0.5) is 5.69 Å². The number of carbonyl (C=O) groups is 1. The van der Waals surface area contributed by atoms with Crippen LogP contribution in [0.25, 0.3) is 10.8 Å². The average Bonchev–Trinajstić information content (AvgIpc) is 3.14. The minimum Gasteiger partial charge on any atom is -0.337 e. The SMILES string of the molecule is O=C(c1cccc(NS(=O)(=O)c2ccc3ccccc3c2)c1)N1CCCN(CC2CCCCC2)CC1. The molecule has 7 heteroatoms. The molecular formula is C29H35N3O3S. The number of hydrogen-bond acceptors (Lipinski definition) is 4. The quantitative estimate of drug-likeness (QED) is 0.489. The third-order valence-corrected chi connectivity index (χ3v) is 8.89. The van der Waals surface area contributed by atoms with Gasteiger partial charge in [0.05, 0.1) is 4.90 Å². The molecule has 0 bridgehead atoms. The Kier molecular flexibility index (Phi) is 7.58. The van der Waals surface area contributed by atoms with Gasteiger partial charge in [-0.2, -0.15) is 0 Å². The monoisotopic (exact) mass is 505 g/mol. The first-order chi connectivity index (χ1) is 17.5. The molecule has 1 aliphatic heterocycles. The maximum Gasteiger partial charge on any atom is 0.261 e. The van der Waals surface area contributed by atoms with E-state index in [0.717, 1.165) is 49.3 Å². The number of fused-ring (bicyclic) bond motifs is 1. The number of nitrogens with zero attached hydrogens (tertiary/aromatic N) is 2. The summed E-state index contributed by atoms with van der Waals surface area (Å²) >= 11 is 0. The van der Waals surface area contributed by atoms with Crippen molar-refractivity contribution in [2.75, 3.05) is 37.4 Å². The Hall–Kier alpha value is -2.90. The van der Waals surface area contributed by atoms with Gasteiger partial charge in [-0.1, -0.05) is 55.7 Å². The molecule has 3 aromatic rings. The fourth-order valence-corrected chi connectivity index (χ4v) is 6.62. The Labute approximate surface area is 214 Å². The van der Waals surface area contributed by atoms with E-state index < -0.39 is 10.0 Å². The van der Waals surface area contributed by atoms with E-state index in [1.54, 1.807) is 42.5 Å². The summed E-state index contributed by atoms with van der Waals surface area (Å²) < 4.78 is 28.8. The number of rotatable bonds is 6. The molecule has 1 N–H and O–H groups in total. The van der Waals surface area contributed by atoms with Gasteiger partial charge in [0, 0.05) is 37.4 Å². The third kappa shape index (κ3) is 5.90. The van der Waals surface area contributed by atoms with E-state index in [0.29, 0.717) is 17.8 Å². The van der Waals surface area contributed by atoms with Crippen LogP contribution in [0.1, 0.15) is 48.9 Å². The van der Waals surface area contributed by atoms with E-state index >= 15 is 0 Å². The van der Waals surface area contributed by atoms with Crippen molar-refractivity contribution < 1.29 is 13.2 Å². The van der Waals surface area contributed by atoms with Gasteiger partial charge < -0.3 is 9.80 Å². The van der Waals surface area contributed by atoms with Gasteiger partial charge in [0.2, 0.25) is 0 Å². The van der Waals surface area contributed by atoms with Crippen LogP contribution in [0.3, 0.4) is 0 Å². The van der Waals surface area contributed by atoms with E-state index in [9.17, 15) is 13.2 Å². The van der Waals surface area contributed by atoms with Gasteiger partial charge in [0.1, 0.15) is 0 Å². The highest BCUT2D eigenvalue weighted by atomic mass is 32.2. The first kappa shape index (κ1) is 24.8. The first-order valence-electron chi connectivity index (χ1n) is 13.1. The van der Waals surface area contributed by atoms with Gasteiger partial charge in [-0.25, -0.2) is 8.42 Å². The fraction of sp³-hybridized carbons (Fsp3) is 0.414. The molecule has 36 heavy (non-hydrogen) atoms. The van der Waals surface area contributed by atoms with Crippen molar-refractivity contribution in [3.8, 4) is 0 Å². The summed E-state index contributed by atoms with van der Waals surface area (Å²) in [5, 5.41) is 1.85. The highest BCUT2D eigenvalue weighted by Crippen LogP contribution is 2.25. The van der Waals surface area contributed by atoms with E-state index in [2.05, 4.69) is 9.62 Å². The highest BCUT2D eigenvalue weighted by molar-refractivity contribution is 7.92. The molecule has 0 radical (unpaired) electrons. The lowest BCUT2D eigenvalue weighted by Gasteiger charge is -2.28. The van der Waals surface area contributed by atoms with Crippen LogP contribution < -0.4 is 4.72 Å². The van der Waals surface area contributed by atoms with Crippen LogP contribution in [-0.4, -0.2) is 56.8 Å². The normalized spacial score (nSPS) is 18.2. The summed E-state index contributed by atoms with van der Waals surface area (Å²) in [5.74, 6) is 0.759. The van der Waals surface area contributed by atoms with Crippen molar-refractivity contribution >= 4 is 32.4 Å². The van der Waals surface area contributed by atoms with Crippen LogP contribution in [0.5, 0.6) is 0 Å².